The van der Waals surface area contributed by atoms with Gasteiger partial charge in [-0.1, -0.05) is 6.42 Å². The number of nitrogens with one attached hydrogen (secondary N) is 1. The van der Waals surface area contributed by atoms with Crippen LogP contribution in [0, 0.1) is 19.8 Å². The van der Waals surface area contributed by atoms with E-state index >= 15 is 0 Å². The highest BCUT2D eigenvalue weighted by Crippen LogP contribution is 2.39. The highest BCUT2D eigenvalue weighted by Gasteiger charge is 2.48. The fourth-order valence-corrected chi connectivity index (χ4v) is 3.49. The topological polar surface area (TPSA) is 56.1 Å². The summed E-state index contributed by atoms with van der Waals surface area (Å²) in [7, 11) is 1.88. The molecule has 5 nitrogen and oxygen atoms in total. The molecular formula is C16H27N3O2. The summed E-state index contributed by atoms with van der Waals surface area (Å²) in [6, 6.07) is 0. The van der Waals surface area contributed by atoms with E-state index in [0.29, 0.717) is 12.5 Å². The van der Waals surface area contributed by atoms with Gasteiger partial charge in [0.15, 0.2) is 0 Å². The van der Waals surface area contributed by atoms with Gasteiger partial charge in [-0.25, -0.2) is 4.98 Å². The highest BCUT2D eigenvalue weighted by molar-refractivity contribution is 5.81. The third-order valence-corrected chi connectivity index (χ3v) is 4.97. The molecule has 1 aromatic rings. The first-order valence-electron chi connectivity index (χ1n) is 7.89. The molecule has 1 N–H and O–H groups in total. The minimum absolute atomic E-state index is 0.0893. The third-order valence-electron chi connectivity index (χ3n) is 4.97. The Kier molecular flexibility index (Phi) is 5.04. The van der Waals surface area contributed by atoms with E-state index in [0.717, 1.165) is 37.9 Å². The van der Waals surface area contributed by atoms with Crippen molar-refractivity contribution in [3.05, 3.63) is 17.7 Å². The second-order valence-corrected chi connectivity index (χ2v) is 5.93. The van der Waals surface area contributed by atoms with Gasteiger partial charge in [0, 0.05) is 12.2 Å². The molecule has 1 heterocycles. The lowest BCUT2D eigenvalue weighted by Gasteiger charge is -2.33. The van der Waals surface area contributed by atoms with Gasteiger partial charge in [-0.15, -0.1) is 0 Å². The SMILES string of the molecule is CCOC(=O)C1(NC)CCCC1CCn1cnc(C)c1C. The summed E-state index contributed by atoms with van der Waals surface area (Å²) < 4.78 is 7.49. The predicted octanol–water partition coefficient (Wildman–Crippen LogP) is 2.21. The molecule has 2 rings (SSSR count). The van der Waals surface area contributed by atoms with Crippen molar-refractivity contribution < 1.29 is 9.53 Å². The molecule has 0 spiro atoms. The van der Waals surface area contributed by atoms with Crippen molar-refractivity contribution in [1.29, 1.82) is 0 Å². The molecule has 0 radical (unpaired) electrons. The van der Waals surface area contributed by atoms with E-state index in [2.05, 4.69) is 21.8 Å². The Morgan fingerprint density at radius 2 is 2.33 bits per heavy atom. The van der Waals surface area contributed by atoms with Gasteiger partial charge in [0.05, 0.1) is 18.6 Å². The number of aryl methyl sites for hydroxylation is 2. The van der Waals surface area contributed by atoms with Crippen molar-refractivity contribution in [2.75, 3.05) is 13.7 Å². The molecule has 1 saturated carbocycles. The number of carbonyl (C=O) groups is 1. The molecule has 0 aliphatic heterocycles. The van der Waals surface area contributed by atoms with Gasteiger partial charge in [-0.3, -0.25) is 4.79 Å². The number of carbonyl (C=O) groups excluding carboxylic acids is 1. The van der Waals surface area contributed by atoms with Crippen molar-refractivity contribution >= 4 is 5.97 Å². The zero-order valence-electron chi connectivity index (χ0n) is 13.6. The van der Waals surface area contributed by atoms with Gasteiger partial charge in [-0.05, 0) is 53.0 Å². The van der Waals surface area contributed by atoms with Crippen LogP contribution in [0.4, 0.5) is 0 Å². The quantitative estimate of drug-likeness (QED) is 0.817. The van der Waals surface area contributed by atoms with Gasteiger partial charge in [0.2, 0.25) is 0 Å². The Morgan fingerprint density at radius 3 is 2.90 bits per heavy atom. The number of nitrogens with zero attached hydrogens (tertiary/aromatic N) is 2. The average Bonchev–Trinajstić information content (AvgIpc) is 3.03. The van der Waals surface area contributed by atoms with E-state index in [1.807, 2.05) is 27.2 Å². The van der Waals surface area contributed by atoms with Crippen LogP contribution in [0.25, 0.3) is 0 Å². The van der Waals surface area contributed by atoms with Crippen LogP contribution in [0.2, 0.25) is 0 Å². The molecule has 21 heavy (non-hydrogen) atoms. The molecule has 0 bridgehead atoms. The maximum Gasteiger partial charge on any atom is 0.326 e. The summed E-state index contributed by atoms with van der Waals surface area (Å²) in [6.07, 6.45) is 5.88. The maximum absolute atomic E-state index is 12.4. The van der Waals surface area contributed by atoms with E-state index in [-0.39, 0.29) is 5.97 Å². The van der Waals surface area contributed by atoms with Crippen molar-refractivity contribution in [2.24, 2.45) is 5.92 Å². The summed E-state index contributed by atoms with van der Waals surface area (Å²) in [4.78, 5) is 16.7. The number of rotatable bonds is 6. The second-order valence-electron chi connectivity index (χ2n) is 5.93. The fraction of sp³-hybridized carbons (Fsp3) is 0.750. The molecule has 5 heteroatoms. The third kappa shape index (κ3) is 2.98. The number of hydrogen-bond donors (Lipinski definition) is 1. The number of imidazole rings is 1. The molecule has 0 aromatic carbocycles. The molecule has 0 saturated heterocycles. The number of aromatic nitrogens is 2. The van der Waals surface area contributed by atoms with Crippen LogP contribution in [0.5, 0.6) is 0 Å². The smallest absolute Gasteiger partial charge is 0.326 e. The van der Waals surface area contributed by atoms with E-state index < -0.39 is 5.54 Å². The lowest BCUT2D eigenvalue weighted by molar-refractivity contribution is -0.153. The molecule has 2 atom stereocenters. The monoisotopic (exact) mass is 293 g/mol. The van der Waals surface area contributed by atoms with Crippen LogP contribution in [-0.2, 0) is 16.1 Å². The van der Waals surface area contributed by atoms with Gasteiger partial charge in [-0.2, -0.15) is 0 Å². The van der Waals surface area contributed by atoms with Gasteiger partial charge in [0.1, 0.15) is 5.54 Å². The number of likely N-dealkylation sites (N-methyl/N-ethyl adjacent to an activating group) is 1. The minimum atomic E-state index is -0.500. The molecule has 1 fully saturated rings. The van der Waals surface area contributed by atoms with Crippen LogP contribution in [0.15, 0.2) is 6.33 Å². The van der Waals surface area contributed by atoms with E-state index in [1.54, 1.807) is 0 Å². The lowest BCUT2D eigenvalue weighted by atomic mass is 9.84. The van der Waals surface area contributed by atoms with E-state index in [9.17, 15) is 4.79 Å². The second kappa shape index (κ2) is 6.60. The first-order valence-corrected chi connectivity index (χ1v) is 7.89. The first kappa shape index (κ1) is 16.0. The van der Waals surface area contributed by atoms with Crippen LogP contribution < -0.4 is 5.32 Å². The highest BCUT2D eigenvalue weighted by atomic mass is 16.5. The predicted molar refractivity (Wildman–Crippen MR) is 82.1 cm³/mol. The van der Waals surface area contributed by atoms with Crippen molar-refractivity contribution in [3.8, 4) is 0 Å². The summed E-state index contributed by atoms with van der Waals surface area (Å²) in [5.74, 6) is 0.234. The number of esters is 1. The number of hydrogen-bond acceptors (Lipinski definition) is 4. The Bertz CT molecular complexity index is 498. The van der Waals surface area contributed by atoms with E-state index in [4.69, 9.17) is 4.74 Å². The summed E-state index contributed by atoms with van der Waals surface area (Å²) in [5, 5.41) is 3.27. The largest absolute Gasteiger partial charge is 0.465 e. The Labute approximate surface area is 127 Å². The zero-order chi connectivity index (χ0) is 15.5. The van der Waals surface area contributed by atoms with Crippen LogP contribution in [-0.4, -0.2) is 34.7 Å². The molecule has 1 aliphatic rings. The number of ether oxygens (including phenoxy) is 1. The average molecular weight is 293 g/mol. The lowest BCUT2D eigenvalue weighted by Crippen LogP contribution is -2.54. The van der Waals surface area contributed by atoms with Crippen molar-refractivity contribution in [1.82, 2.24) is 14.9 Å². The van der Waals surface area contributed by atoms with Crippen LogP contribution in [0.1, 0.15) is 44.0 Å². The summed E-state index contributed by atoms with van der Waals surface area (Å²) in [6.45, 7) is 7.32. The minimum Gasteiger partial charge on any atom is -0.465 e. The standard InChI is InChI=1S/C16H27N3O2/c1-5-21-15(20)16(17-4)9-6-7-14(16)8-10-19-11-18-12(2)13(19)3/h11,14,17H,5-10H2,1-4H3. The molecule has 118 valence electrons. The first-order chi connectivity index (χ1) is 10.0. The van der Waals surface area contributed by atoms with Gasteiger partial charge in [0.25, 0.3) is 0 Å². The Hall–Kier alpha value is -1.36. The summed E-state index contributed by atoms with van der Waals surface area (Å²) in [5.41, 5.74) is 1.78. The zero-order valence-corrected chi connectivity index (χ0v) is 13.6. The molecule has 2 unspecified atom stereocenters. The Balaban J connectivity index is 2.07. The van der Waals surface area contributed by atoms with Crippen LogP contribution in [0.3, 0.4) is 0 Å². The molecule has 1 aromatic heterocycles. The van der Waals surface area contributed by atoms with Crippen molar-refractivity contribution in [3.63, 3.8) is 0 Å². The fourth-order valence-electron chi connectivity index (χ4n) is 3.49. The molecule has 1 aliphatic carbocycles. The van der Waals surface area contributed by atoms with Crippen LogP contribution >= 0.6 is 0 Å². The van der Waals surface area contributed by atoms with E-state index in [1.165, 1.54) is 5.69 Å². The summed E-state index contributed by atoms with van der Waals surface area (Å²) >= 11 is 0. The Morgan fingerprint density at radius 1 is 1.57 bits per heavy atom. The van der Waals surface area contributed by atoms with Crippen molar-refractivity contribution in [2.45, 2.75) is 58.5 Å². The van der Waals surface area contributed by atoms with Gasteiger partial charge >= 0.3 is 5.97 Å². The normalized spacial score (nSPS) is 25.2. The van der Waals surface area contributed by atoms with Gasteiger partial charge < -0.3 is 14.6 Å². The molecular weight excluding hydrogens is 266 g/mol. The maximum atomic E-state index is 12.4. The molecule has 0 amide bonds.